The lowest BCUT2D eigenvalue weighted by Crippen LogP contribution is -1.93. The number of aromatic nitrogens is 2. The first-order chi connectivity index (χ1) is 6.45. The van der Waals surface area contributed by atoms with E-state index >= 15 is 0 Å². The van der Waals surface area contributed by atoms with Gasteiger partial charge < -0.3 is 4.57 Å². The van der Waals surface area contributed by atoms with Crippen molar-refractivity contribution in [1.29, 1.82) is 0 Å². The first-order valence-corrected chi connectivity index (χ1v) is 4.88. The molecular formula is C11H12N2. The molecule has 0 aliphatic carbocycles. The van der Waals surface area contributed by atoms with E-state index in [4.69, 9.17) is 0 Å². The molecule has 2 aromatic rings. The molecule has 0 unspecified atom stereocenters. The van der Waals surface area contributed by atoms with Crippen molar-refractivity contribution < 1.29 is 0 Å². The summed E-state index contributed by atoms with van der Waals surface area (Å²) in [5.74, 6) is 0. The van der Waals surface area contributed by atoms with Crippen LogP contribution in [0.3, 0.4) is 0 Å². The van der Waals surface area contributed by atoms with Gasteiger partial charge in [0, 0.05) is 6.54 Å². The molecule has 1 aromatic heterocycles. The summed E-state index contributed by atoms with van der Waals surface area (Å²) in [6.07, 6.45) is 5.77. The summed E-state index contributed by atoms with van der Waals surface area (Å²) in [4.78, 5) is 4.39. The van der Waals surface area contributed by atoms with Crippen LogP contribution < -0.4 is 0 Å². The van der Waals surface area contributed by atoms with Gasteiger partial charge in [-0.3, -0.25) is 0 Å². The summed E-state index contributed by atoms with van der Waals surface area (Å²) in [6, 6.07) is 6.44. The van der Waals surface area contributed by atoms with Gasteiger partial charge in [-0.2, -0.15) is 0 Å². The maximum atomic E-state index is 4.39. The van der Waals surface area contributed by atoms with Gasteiger partial charge >= 0.3 is 0 Å². The monoisotopic (exact) mass is 172 g/mol. The molecule has 2 heterocycles. The minimum Gasteiger partial charge on any atom is -0.330 e. The van der Waals surface area contributed by atoms with Gasteiger partial charge in [0.2, 0.25) is 0 Å². The molecule has 0 radical (unpaired) electrons. The second-order valence-corrected chi connectivity index (χ2v) is 3.68. The van der Waals surface area contributed by atoms with Gasteiger partial charge in [0.05, 0.1) is 17.4 Å². The highest BCUT2D eigenvalue weighted by Crippen LogP contribution is 2.23. The zero-order valence-corrected chi connectivity index (χ0v) is 7.53. The number of nitrogens with zero attached hydrogens (tertiary/aromatic N) is 2. The van der Waals surface area contributed by atoms with Crippen molar-refractivity contribution in [2.75, 3.05) is 0 Å². The van der Waals surface area contributed by atoms with Crippen LogP contribution in [-0.4, -0.2) is 9.55 Å². The zero-order valence-electron chi connectivity index (χ0n) is 7.53. The van der Waals surface area contributed by atoms with Crippen molar-refractivity contribution in [3.05, 3.63) is 30.1 Å². The van der Waals surface area contributed by atoms with Gasteiger partial charge in [0.25, 0.3) is 0 Å². The van der Waals surface area contributed by atoms with E-state index in [9.17, 15) is 0 Å². The molecule has 0 atom stereocenters. The normalized spacial score (nSPS) is 16.0. The molecule has 0 fully saturated rings. The van der Waals surface area contributed by atoms with E-state index in [1.54, 1.807) is 0 Å². The predicted octanol–water partition coefficient (Wildman–Crippen LogP) is 2.37. The lowest BCUT2D eigenvalue weighted by Gasteiger charge is -2.00. The SMILES string of the molecule is c1cc2c3c(c1)ncn3CCCC2. The van der Waals surface area contributed by atoms with Crippen LogP contribution in [0.1, 0.15) is 18.4 Å². The van der Waals surface area contributed by atoms with Crippen molar-refractivity contribution in [2.24, 2.45) is 0 Å². The smallest absolute Gasteiger partial charge is 0.0958 e. The van der Waals surface area contributed by atoms with Crippen LogP contribution in [0.5, 0.6) is 0 Å². The van der Waals surface area contributed by atoms with E-state index in [-0.39, 0.29) is 0 Å². The minimum absolute atomic E-state index is 1.13. The van der Waals surface area contributed by atoms with Gasteiger partial charge in [-0.05, 0) is 30.9 Å². The quantitative estimate of drug-likeness (QED) is 0.596. The van der Waals surface area contributed by atoms with E-state index in [2.05, 4.69) is 27.8 Å². The molecule has 66 valence electrons. The molecule has 0 saturated carbocycles. The van der Waals surface area contributed by atoms with Crippen molar-refractivity contribution in [3.63, 3.8) is 0 Å². The van der Waals surface area contributed by atoms with E-state index < -0.39 is 0 Å². The molecular weight excluding hydrogens is 160 g/mol. The molecule has 0 amide bonds. The second-order valence-electron chi connectivity index (χ2n) is 3.68. The van der Waals surface area contributed by atoms with Crippen LogP contribution in [0.2, 0.25) is 0 Å². The van der Waals surface area contributed by atoms with Crippen LogP contribution in [0.15, 0.2) is 24.5 Å². The fourth-order valence-corrected chi connectivity index (χ4v) is 2.17. The van der Waals surface area contributed by atoms with Crippen LogP contribution >= 0.6 is 0 Å². The van der Waals surface area contributed by atoms with E-state index in [0.29, 0.717) is 0 Å². The minimum atomic E-state index is 1.13. The standard InChI is InChI=1S/C11H12N2/c1-2-7-13-8-12-10-6-3-5-9(4-1)11(10)13/h3,5-6,8H,1-2,4,7H2. The number of rotatable bonds is 0. The summed E-state index contributed by atoms with van der Waals surface area (Å²) in [5, 5.41) is 0. The fourth-order valence-electron chi connectivity index (χ4n) is 2.17. The van der Waals surface area contributed by atoms with Crippen LogP contribution in [0.25, 0.3) is 11.0 Å². The third kappa shape index (κ3) is 0.981. The average molecular weight is 172 g/mol. The highest BCUT2D eigenvalue weighted by atomic mass is 15.0. The van der Waals surface area contributed by atoms with Gasteiger partial charge in [-0.1, -0.05) is 12.1 Å². The first kappa shape index (κ1) is 7.13. The lowest BCUT2D eigenvalue weighted by molar-refractivity contribution is 0.640. The van der Waals surface area contributed by atoms with Crippen molar-refractivity contribution in [2.45, 2.75) is 25.8 Å². The third-order valence-electron chi connectivity index (χ3n) is 2.82. The molecule has 1 aliphatic rings. The third-order valence-corrected chi connectivity index (χ3v) is 2.82. The average Bonchev–Trinajstić information content (AvgIpc) is 2.44. The van der Waals surface area contributed by atoms with Crippen molar-refractivity contribution in [3.8, 4) is 0 Å². The molecule has 1 aliphatic heterocycles. The summed E-state index contributed by atoms with van der Waals surface area (Å²) >= 11 is 0. The van der Waals surface area contributed by atoms with Gasteiger partial charge in [-0.25, -0.2) is 4.98 Å². The molecule has 13 heavy (non-hydrogen) atoms. The molecule has 0 spiro atoms. The number of para-hydroxylation sites is 1. The predicted molar refractivity (Wildman–Crippen MR) is 52.7 cm³/mol. The number of aryl methyl sites for hydroxylation is 2. The molecule has 0 saturated heterocycles. The number of hydrogen-bond acceptors (Lipinski definition) is 1. The van der Waals surface area contributed by atoms with Crippen LogP contribution in [-0.2, 0) is 13.0 Å². The van der Waals surface area contributed by atoms with Gasteiger partial charge in [-0.15, -0.1) is 0 Å². The Kier molecular flexibility index (Phi) is 1.42. The Morgan fingerprint density at radius 1 is 1.23 bits per heavy atom. The zero-order chi connectivity index (χ0) is 8.67. The molecule has 0 N–H and O–H groups in total. The van der Waals surface area contributed by atoms with Crippen molar-refractivity contribution in [1.82, 2.24) is 9.55 Å². The topological polar surface area (TPSA) is 17.8 Å². The van der Waals surface area contributed by atoms with Crippen LogP contribution in [0.4, 0.5) is 0 Å². The van der Waals surface area contributed by atoms with Crippen LogP contribution in [0, 0.1) is 0 Å². The Morgan fingerprint density at radius 2 is 2.23 bits per heavy atom. The number of benzene rings is 1. The highest BCUT2D eigenvalue weighted by Gasteiger charge is 2.10. The molecule has 2 nitrogen and oxygen atoms in total. The number of imidazole rings is 1. The van der Waals surface area contributed by atoms with Crippen molar-refractivity contribution >= 4 is 11.0 Å². The van der Waals surface area contributed by atoms with Gasteiger partial charge in [0.1, 0.15) is 0 Å². The van der Waals surface area contributed by atoms with E-state index in [1.165, 1.54) is 30.3 Å². The summed E-state index contributed by atoms with van der Waals surface area (Å²) in [6.45, 7) is 1.13. The molecule has 3 rings (SSSR count). The molecule has 1 aromatic carbocycles. The Bertz CT molecular complexity index is 442. The van der Waals surface area contributed by atoms with E-state index in [0.717, 1.165) is 12.1 Å². The fraction of sp³-hybridized carbons (Fsp3) is 0.364. The second kappa shape index (κ2) is 2.59. The maximum Gasteiger partial charge on any atom is 0.0958 e. The first-order valence-electron chi connectivity index (χ1n) is 4.88. The Morgan fingerprint density at radius 3 is 3.23 bits per heavy atom. The summed E-state index contributed by atoms with van der Waals surface area (Å²) < 4.78 is 2.29. The summed E-state index contributed by atoms with van der Waals surface area (Å²) in [5.41, 5.74) is 3.98. The summed E-state index contributed by atoms with van der Waals surface area (Å²) in [7, 11) is 0. The lowest BCUT2D eigenvalue weighted by atomic mass is 10.1. The molecule has 0 bridgehead atoms. The number of hydrogen-bond donors (Lipinski definition) is 0. The Labute approximate surface area is 77.2 Å². The maximum absolute atomic E-state index is 4.39. The Hall–Kier alpha value is -1.31. The molecule has 2 heteroatoms. The Balaban J connectivity index is 2.40. The highest BCUT2D eigenvalue weighted by molar-refractivity contribution is 5.79. The largest absolute Gasteiger partial charge is 0.330 e. The van der Waals surface area contributed by atoms with Gasteiger partial charge in [0.15, 0.2) is 0 Å². The van der Waals surface area contributed by atoms with E-state index in [1.807, 2.05) is 6.33 Å².